The van der Waals surface area contributed by atoms with Gasteiger partial charge >= 0.3 is 0 Å². The standard InChI is InChI=1S/C9H17FN2O/c1-6(2)4-12-9(13)8-3-7(10)5-11-8/h6-8,11H,3-5H2,1-2H3,(H,12,13)/t7-,8+/m0/s1. The molecule has 0 saturated carbocycles. The quantitative estimate of drug-likeness (QED) is 0.675. The third kappa shape index (κ3) is 3.30. The monoisotopic (exact) mass is 188 g/mol. The number of carbonyl (C=O) groups is 1. The van der Waals surface area contributed by atoms with Crippen LogP contribution in [0, 0.1) is 5.92 Å². The van der Waals surface area contributed by atoms with Gasteiger partial charge < -0.3 is 10.6 Å². The SMILES string of the molecule is CC(C)CNC(=O)[C@H]1C[C@H](F)CN1. The number of halogens is 1. The Kier molecular flexibility index (Phi) is 3.66. The maximum absolute atomic E-state index is 12.7. The van der Waals surface area contributed by atoms with Crippen LogP contribution in [0.15, 0.2) is 0 Å². The maximum atomic E-state index is 12.7. The first kappa shape index (κ1) is 10.4. The molecule has 1 aliphatic heterocycles. The van der Waals surface area contributed by atoms with Crippen molar-refractivity contribution in [1.82, 2.24) is 10.6 Å². The molecule has 0 aromatic rings. The summed E-state index contributed by atoms with van der Waals surface area (Å²) in [6.45, 7) is 5.02. The number of rotatable bonds is 3. The molecule has 3 nitrogen and oxygen atoms in total. The minimum absolute atomic E-state index is 0.0751. The van der Waals surface area contributed by atoms with Gasteiger partial charge in [0.05, 0.1) is 6.04 Å². The molecule has 4 heteroatoms. The molecular formula is C9H17FN2O. The fourth-order valence-electron chi connectivity index (χ4n) is 1.32. The van der Waals surface area contributed by atoms with Crippen LogP contribution in [-0.4, -0.2) is 31.2 Å². The molecule has 0 radical (unpaired) electrons. The minimum Gasteiger partial charge on any atom is -0.354 e. The third-order valence-corrected chi connectivity index (χ3v) is 2.08. The van der Waals surface area contributed by atoms with Gasteiger partial charge in [-0.3, -0.25) is 4.79 Å². The molecule has 0 aromatic carbocycles. The lowest BCUT2D eigenvalue weighted by Gasteiger charge is -2.12. The normalized spacial score (nSPS) is 28.0. The summed E-state index contributed by atoms with van der Waals surface area (Å²) in [5.74, 6) is 0.361. The van der Waals surface area contributed by atoms with Crippen molar-refractivity contribution in [2.24, 2.45) is 5.92 Å². The fraction of sp³-hybridized carbons (Fsp3) is 0.889. The second kappa shape index (κ2) is 4.56. The van der Waals surface area contributed by atoms with Gasteiger partial charge in [0.1, 0.15) is 6.17 Å². The van der Waals surface area contributed by atoms with Gasteiger partial charge in [0.2, 0.25) is 5.91 Å². The van der Waals surface area contributed by atoms with E-state index in [9.17, 15) is 9.18 Å². The van der Waals surface area contributed by atoms with Crippen molar-refractivity contribution in [2.75, 3.05) is 13.1 Å². The highest BCUT2D eigenvalue weighted by Crippen LogP contribution is 2.09. The van der Waals surface area contributed by atoms with Crippen molar-refractivity contribution >= 4 is 5.91 Å². The average Bonchev–Trinajstić information content (AvgIpc) is 2.47. The molecule has 0 unspecified atom stereocenters. The van der Waals surface area contributed by atoms with Crippen molar-refractivity contribution in [3.8, 4) is 0 Å². The molecule has 1 rings (SSSR count). The van der Waals surface area contributed by atoms with Crippen LogP contribution < -0.4 is 10.6 Å². The summed E-state index contributed by atoms with van der Waals surface area (Å²) in [6, 6.07) is -0.325. The van der Waals surface area contributed by atoms with Crippen molar-refractivity contribution < 1.29 is 9.18 Å². The summed E-state index contributed by atoms with van der Waals surface area (Å²) >= 11 is 0. The molecule has 76 valence electrons. The van der Waals surface area contributed by atoms with E-state index in [-0.39, 0.29) is 11.9 Å². The first-order valence-electron chi connectivity index (χ1n) is 4.74. The molecule has 1 aliphatic rings. The van der Waals surface area contributed by atoms with Crippen molar-refractivity contribution in [3.63, 3.8) is 0 Å². The lowest BCUT2D eigenvalue weighted by Crippen LogP contribution is -2.41. The molecular weight excluding hydrogens is 171 g/mol. The van der Waals surface area contributed by atoms with Crippen LogP contribution in [0.2, 0.25) is 0 Å². The summed E-state index contributed by atoms with van der Waals surface area (Å²) < 4.78 is 12.7. The second-order valence-corrected chi connectivity index (χ2v) is 3.93. The summed E-state index contributed by atoms with van der Waals surface area (Å²) in [5.41, 5.74) is 0. The van der Waals surface area contributed by atoms with E-state index < -0.39 is 6.17 Å². The van der Waals surface area contributed by atoms with E-state index in [2.05, 4.69) is 10.6 Å². The number of nitrogens with one attached hydrogen (secondary N) is 2. The number of amides is 1. The van der Waals surface area contributed by atoms with Gasteiger partial charge in [-0.2, -0.15) is 0 Å². The Hall–Kier alpha value is -0.640. The van der Waals surface area contributed by atoms with Gasteiger partial charge in [0, 0.05) is 19.5 Å². The fourth-order valence-corrected chi connectivity index (χ4v) is 1.32. The molecule has 1 fully saturated rings. The first-order valence-corrected chi connectivity index (χ1v) is 4.74. The van der Waals surface area contributed by atoms with Crippen LogP contribution in [0.4, 0.5) is 4.39 Å². The lowest BCUT2D eigenvalue weighted by atomic mass is 10.2. The molecule has 13 heavy (non-hydrogen) atoms. The van der Waals surface area contributed by atoms with Gasteiger partial charge in [-0.15, -0.1) is 0 Å². The van der Waals surface area contributed by atoms with Gasteiger partial charge in [-0.25, -0.2) is 4.39 Å². The lowest BCUT2D eigenvalue weighted by molar-refractivity contribution is -0.123. The van der Waals surface area contributed by atoms with E-state index >= 15 is 0 Å². The Balaban J connectivity index is 2.24. The highest BCUT2D eigenvalue weighted by Gasteiger charge is 2.28. The van der Waals surface area contributed by atoms with E-state index in [1.165, 1.54) is 0 Å². The van der Waals surface area contributed by atoms with E-state index in [0.29, 0.717) is 25.4 Å². The van der Waals surface area contributed by atoms with Gasteiger partial charge in [-0.1, -0.05) is 13.8 Å². The number of hydrogen-bond donors (Lipinski definition) is 2. The molecule has 0 aromatic heterocycles. The molecule has 1 heterocycles. The van der Waals surface area contributed by atoms with E-state index in [0.717, 1.165) is 0 Å². The van der Waals surface area contributed by atoms with Crippen molar-refractivity contribution in [3.05, 3.63) is 0 Å². The van der Waals surface area contributed by atoms with Crippen LogP contribution in [0.1, 0.15) is 20.3 Å². The third-order valence-electron chi connectivity index (χ3n) is 2.08. The Morgan fingerprint density at radius 2 is 2.38 bits per heavy atom. The summed E-state index contributed by atoms with van der Waals surface area (Å²) in [6.07, 6.45) is -0.556. The largest absolute Gasteiger partial charge is 0.354 e. The zero-order valence-corrected chi connectivity index (χ0v) is 8.14. The minimum atomic E-state index is -0.866. The van der Waals surface area contributed by atoms with E-state index in [1.807, 2.05) is 13.8 Å². The maximum Gasteiger partial charge on any atom is 0.237 e. The number of hydrogen-bond acceptors (Lipinski definition) is 2. The summed E-state index contributed by atoms with van der Waals surface area (Å²) in [7, 11) is 0. The predicted molar refractivity (Wildman–Crippen MR) is 49.2 cm³/mol. The van der Waals surface area contributed by atoms with Gasteiger partial charge in [0.15, 0.2) is 0 Å². The first-order chi connectivity index (χ1) is 6.09. The molecule has 1 saturated heterocycles. The highest BCUT2D eigenvalue weighted by molar-refractivity contribution is 5.82. The zero-order chi connectivity index (χ0) is 9.84. The van der Waals surface area contributed by atoms with E-state index in [1.54, 1.807) is 0 Å². The van der Waals surface area contributed by atoms with Crippen LogP contribution in [0.5, 0.6) is 0 Å². The van der Waals surface area contributed by atoms with Crippen LogP contribution in [0.3, 0.4) is 0 Å². The van der Waals surface area contributed by atoms with Crippen molar-refractivity contribution in [2.45, 2.75) is 32.5 Å². The van der Waals surface area contributed by atoms with E-state index in [4.69, 9.17) is 0 Å². The Morgan fingerprint density at radius 3 is 2.85 bits per heavy atom. The van der Waals surface area contributed by atoms with Crippen LogP contribution in [0.25, 0.3) is 0 Å². The van der Waals surface area contributed by atoms with Crippen LogP contribution in [-0.2, 0) is 4.79 Å². The number of carbonyl (C=O) groups excluding carboxylic acids is 1. The van der Waals surface area contributed by atoms with Crippen molar-refractivity contribution in [1.29, 1.82) is 0 Å². The topological polar surface area (TPSA) is 41.1 Å². The highest BCUT2D eigenvalue weighted by atomic mass is 19.1. The summed E-state index contributed by atoms with van der Waals surface area (Å²) in [4.78, 5) is 11.4. The Labute approximate surface area is 78.1 Å². The molecule has 0 bridgehead atoms. The molecule has 1 amide bonds. The Morgan fingerprint density at radius 1 is 1.69 bits per heavy atom. The van der Waals surface area contributed by atoms with Crippen LogP contribution >= 0.6 is 0 Å². The molecule has 2 atom stereocenters. The molecule has 2 N–H and O–H groups in total. The van der Waals surface area contributed by atoms with Gasteiger partial charge in [-0.05, 0) is 5.92 Å². The predicted octanol–water partition coefficient (Wildman–Crippen LogP) is 0.459. The molecule has 0 aliphatic carbocycles. The number of alkyl halides is 1. The molecule has 0 spiro atoms. The smallest absolute Gasteiger partial charge is 0.237 e. The summed E-state index contributed by atoms with van der Waals surface area (Å²) in [5, 5.41) is 5.62. The average molecular weight is 188 g/mol. The second-order valence-electron chi connectivity index (χ2n) is 3.93. The van der Waals surface area contributed by atoms with Gasteiger partial charge in [0.25, 0.3) is 0 Å². The zero-order valence-electron chi connectivity index (χ0n) is 8.14. The Bertz CT molecular complexity index is 184.